The highest BCUT2D eigenvalue weighted by atomic mass is 16.5. The molecule has 8 heteroatoms. The normalized spacial score (nSPS) is 15.3. The molecule has 0 bridgehead atoms. The second kappa shape index (κ2) is 8.54. The molecular formula is C25H26N6O2. The number of primary amides is 1. The molecule has 5 rings (SSSR count). The third-order valence-corrected chi connectivity index (χ3v) is 6.16. The zero-order valence-electron chi connectivity index (χ0n) is 18.7. The van der Waals surface area contributed by atoms with Crippen molar-refractivity contribution in [2.75, 3.05) is 12.4 Å². The van der Waals surface area contributed by atoms with Crippen LogP contribution in [-0.4, -0.2) is 32.5 Å². The molecule has 0 saturated carbocycles. The van der Waals surface area contributed by atoms with Gasteiger partial charge in [0.15, 0.2) is 0 Å². The number of hydrogen-bond donors (Lipinski definition) is 2. The first kappa shape index (κ1) is 20.9. The minimum absolute atomic E-state index is 0.302. The highest BCUT2D eigenvalue weighted by Gasteiger charge is 2.26. The van der Waals surface area contributed by atoms with Gasteiger partial charge in [0, 0.05) is 12.1 Å². The number of carbonyl (C=O) groups excluding carboxylic acids is 1. The number of fused-ring (bicyclic) bond motifs is 2. The maximum Gasteiger partial charge on any atom is 0.304 e. The van der Waals surface area contributed by atoms with Crippen molar-refractivity contribution < 1.29 is 9.53 Å². The molecule has 8 nitrogen and oxygen atoms in total. The number of rotatable bonds is 6. The number of ether oxygens (including phenoxy) is 1. The summed E-state index contributed by atoms with van der Waals surface area (Å²) in [7, 11) is 1.54. The average molecular weight is 443 g/mol. The lowest BCUT2D eigenvalue weighted by atomic mass is 9.88. The van der Waals surface area contributed by atoms with Crippen LogP contribution in [0, 0.1) is 0 Å². The van der Waals surface area contributed by atoms with Gasteiger partial charge >= 0.3 is 6.01 Å². The van der Waals surface area contributed by atoms with Gasteiger partial charge in [0.25, 0.3) is 5.91 Å². The van der Waals surface area contributed by atoms with Crippen molar-refractivity contribution in [3.05, 3.63) is 70.9 Å². The molecule has 0 aliphatic heterocycles. The first-order chi connectivity index (χ1) is 16.1. The summed E-state index contributed by atoms with van der Waals surface area (Å²) in [5.74, 6) is 1.05. The highest BCUT2D eigenvalue weighted by molar-refractivity contribution is 6.04. The van der Waals surface area contributed by atoms with E-state index in [1.165, 1.54) is 12.7 Å². The molecule has 0 spiro atoms. The van der Waals surface area contributed by atoms with Gasteiger partial charge in [-0.1, -0.05) is 43.3 Å². The molecule has 2 heterocycles. The number of imidazole rings is 1. The largest absolute Gasteiger partial charge is 0.468 e. The molecule has 1 amide bonds. The van der Waals surface area contributed by atoms with Crippen LogP contribution in [0.15, 0.2) is 48.5 Å². The van der Waals surface area contributed by atoms with E-state index in [1.54, 1.807) is 16.7 Å². The fraction of sp³-hybridized carbons (Fsp3) is 0.280. The van der Waals surface area contributed by atoms with Crippen LogP contribution in [0.4, 0.5) is 5.82 Å². The number of nitrogens with two attached hydrogens (primary N) is 1. The average Bonchev–Trinajstić information content (AvgIpc) is 3.22. The predicted molar refractivity (Wildman–Crippen MR) is 127 cm³/mol. The Morgan fingerprint density at radius 3 is 2.73 bits per heavy atom. The Morgan fingerprint density at radius 2 is 1.97 bits per heavy atom. The van der Waals surface area contributed by atoms with E-state index in [1.807, 2.05) is 24.3 Å². The van der Waals surface area contributed by atoms with Crippen molar-refractivity contribution in [2.45, 2.75) is 38.6 Å². The summed E-state index contributed by atoms with van der Waals surface area (Å²) in [6, 6.07) is 15.8. The van der Waals surface area contributed by atoms with E-state index in [2.05, 4.69) is 29.4 Å². The van der Waals surface area contributed by atoms with Crippen molar-refractivity contribution in [1.82, 2.24) is 19.5 Å². The molecule has 1 aliphatic rings. The Labute approximate surface area is 191 Å². The maximum atomic E-state index is 12.0. The summed E-state index contributed by atoms with van der Waals surface area (Å²) in [5, 5.41) is 3.53. The van der Waals surface area contributed by atoms with Gasteiger partial charge in [0.1, 0.15) is 11.3 Å². The smallest absolute Gasteiger partial charge is 0.304 e. The van der Waals surface area contributed by atoms with Crippen molar-refractivity contribution >= 4 is 22.8 Å². The minimum Gasteiger partial charge on any atom is -0.468 e. The fourth-order valence-corrected chi connectivity index (χ4v) is 4.50. The Kier molecular flexibility index (Phi) is 5.42. The van der Waals surface area contributed by atoms with E-state index in [0.29, 0.717) is 41.0 Å². The van der Waals surface area contributed by atoms with Gasteiger partial charge in [-0.2, -0.15) is 9.97 Å². The first-order valence-corrected chi connectivity index (χ1v) is 11.1. The van der Waals surface area contributed by atoms with Gasteiger partial charge in [-0.15, -0.1) is 0 Å². The number of hydrogen-bond acceptors (Lipinski definition) is 6. The molecule has 1 unspecified atom stereocenters. The van der Waals surface area contributed by atoms with E-state index in [9.17, 15) is 4.79 Å². The molecule has 1 atom stereocenters. The number of para-hydroxylation sites is 1. The summed E-state index contributed by atoms with van der Waals surface area (Å²) in [6.07, 6.45) is 3.12. The van der Waals surface area contributed by atoms with Crippen LogP contribution in [0.1, 0.15) is 52.9 Å². The Bertz CT molecular complexity index is 1330. The second-order valence-electron chi connectivity index (χ2n) is 8.34. The lowest BCUT2D eigenvalue weighted by Gasteiger charge is -2.24. The standard InChI is InChI=1S/C25H26N6O2/c1-15-8-6-12-18-20(15)28-24(30-23(18)27-14-16-9-4-3-5-10-16)31-19-13-7-11-17(22(26)32)21(19)29-25(31)33-2/h3-5,7,9-11,13,15H,6,8,12,14H2,1-2H3,(H2,26,32)(H,27,28,30). The van der Waals surface area contributed by atoms with Gasteiger partial charge in [0.05, 0.1) is 23.9 Å². The van der Waals surface area contributed by atoms with Crippen LogP contribution in [-0.2, 0) is 13.0 Å². The molecule has 0 fully saturated rings. The van der Waals surface area contributed by atoms with E-state index in [4.69, 9.17) is 20.4 Å². The summed E-state index contributed by atoms with van der Waals surface area (Å²) < 4.78 is 7.31. The monoisotopic (exact) mass is 442 g/mol. The van der Waals surface area contributed by atoms with Crippen LogP contribution in [0.2, 0.25) is 0 Å². The zero-order chi connectivity index (χ0) is 22.9. The van der Waals surface area contributed by atoms with Crippen molar-refractivity contribution in [1.29, 1.82) is 0 Å². The van der Waals surface area contributed by atoms with Crippen LogP contribution in [0.3, 0.4) is 0 Å². The van der Waals surface area contributed by atoms with Crippen LogP contribution < -0.4 is 15.8 Å². The topological polar surface area (TPSA) is 108 Å². The third-order valence-electron chi connectivity index (χ3n) is 6.16. The van der Waals surface area contributed by atoms with E-state index in [-0.39, 0.29) is 0 Å². The van der Waals surface area contributed by atoms with Crippen molar-refractivity contribution in [3.8, 4) is 12.0 Å². The molecule has 4 aromatic rings. The van der Waals surface area contributed by atoms with Gasteiger partial charge in [0.2, 0.25) is 5.95 Å². The molecule has 0 saturated heterocycles. The minimum atomic E-state index is -0.543. The third kappa shape index (κ3) is 3.77. The summed E-state index contributed by atoms with van der Waals surface area (Å²) in [5.41, 5.74) is 10.4. The number of carbonyl (C=O) groups is 1. The molecule has 3 N–H and O–H groups in total. The Morgan fingerprint density at radius 1 is 1.15 bits per heavy atom. The fourth-order valence-electron chi connectivity index (χ4n) is 4.50. The first-order valence-electron chi connectivity index (χ1n) is 11.1. The summed E-state index contributed by atoms with van der Waals surface area (Å²) in [6.45, 7) is 2.86. The molecule has 0 radical (unpaired) electrons. The predicted octanol–water partition coefficient (Wildman–Crippen LogP) is 3.97. The number of benzene rings is 2. The number of anilines is 1. The lowest BCUT2D eigenvalue weighted by Crippen LogP contribution is -2.18. The molecule has 168 valence electrons. The van der Waals surface area contributed by atoms with E-state index >= 15 is 0 Å². The number of amides is 1. The number of nitrogens with one attached hydrogen (secondary N) is 1. The summed E-state index contributed by atoms with van der Waals surface area (Å²) in [4.78, 5) is 26.4. The van der Waals surface area contributed by atoms with Gasteiger partial charge in [-0.25, -0.2) is 9.55 Å². The Balaban J connectivity index is 1.67. The van der Waals surface area contributed by atoms with Gasteiger partial charge < -0.3 is 15.8 Å². The molecule has 1 aliphatic carbocycles. The molecular weight excluding hydrogens is 416 g/mol. The van der Waals surface area contributed by atoms with Gasteiger partial charge in [-0.3, -0.25) is 4.79 Å². The quantitative estimate of drug-likeness (QED) is 0.468. The maximum absolute atomic E-state index is 12.0. The molecule has 2 aromatic heterocycles. The summed E-state index contributed by atoms with van der Waals surface area (Å²) >= 11 is 0. The van der Waals surface area contributed by atoms with Crippen molar-refractivity contribution in [2.24, 2.45) is 5.73 Å². The molecule has 2 aromatic carbocycles. The number of aromatic nitrogens is 4. The zero-order valence-corrected chi connectivity index (χ0v) is 18.7. The molecule has 33 heavy (non-hydrogen) atoms. The van der Waals surface area contributed by atoms with E-state index in [0.717, 1.165) is 36.3 Å². The van der Waals surface area contributed by atoms with E-state index < -0.39 is 5.91 Å². The van der Waals surface area contributed by atoms with Crippen LogP contribution in [0.5, 0.6) is 6.01 Å². The van der Waals surface area contributed by atoms with Crippen LogP contribution in [0.25, 0.3) is 17.0 Å². The van der Waals surface area contributed by atoms with Crippen LogP contribution >= 0.6 is 0 Å². The SMILES string of the molecule is COc1nc2c(C(N)=O)cccc2n1-c1nc(NCc2ccccc2)c2c(n1)C(C)CCC2. The Hall–Kier alpha value is -3.94. The number of nitrogens with zero attached hydrogens (tertiary/aromatic N) is 4. The number of methoxy groups -OCH3 is 1. The van der Waals surface area contributed by atoms with Gasteiger partial charge in [-0.05, 0) is 42.9 Å². The lowest BCUT2D eigenvalue weighted by molar-refractivity contribution is 0.100. The van der Waals surface area contributed by atoms with Crippen molar-refractivity contribution in [3.63, 3.8) is 0 Å². The highest BCUT2D eigenvalue weighted by Crippen LogP contribution is 2.35. The second-order valence-corrected chi connectivity index (χ2v) is 8.34.